The summed E-state index contributed by atoms with van der Waals surface area (Å²) in [5.74, 6) is -2.01. The number of carboxylic acid groups (broad SMARTS) is 1. The number of rotatable bonds is 4. The van der Waals surface area contributed by atoms with Gasteiger partial charge in [0, 0.05) is 23.0 Å². The molecule has 0 aromatic heterocycles. The van der Waals surface area contributed by atoms with E-state index in [2.05, 4.69) is 5.32 Å². The number of amides is 1. The highest BCUT2D eigenvalue weighted by Crippen LogP contribution is 2.21. The first-order valence-electron chi connectivity index (χ1n) is 4.64. The SMILES string of the molecule is CC(=O)Nc1c(C[N+](=O)[O-])cccc1C(=O)[O-]. The average Bonchev–Trinajstić information content (AvgIpc) is 2.18. The highest BCUT2D eigenvalue weighted by Gasteiger charge is 2.14. The van der Waals surface area contributed by atoms with Crippen molar-refractivity contribution in [3.8, 4) is 0 Å². The summed E-state index contributed by atoms with van der Waals surface area (Å²) < 4.78 is 0. The van der Waals surface area contributed by atoms with E-state index in [0.29, 0.717) is 0 Å². The van der Waals surface area contributed by atoms with Gasteiger partial charge in [-0.2, -0.15) is 0 Å². The third-order valence-corrected chi connectivity index (χ3v) is 1.97. The van der Waals surface area contributed by atoms with Gasteiger partial charge in [0.2, 0.25) is 12.5 Å². The molecule has 0 radical (unpaired) electrons. The molecule has 1 N–H and O–H groups in total. The first-order valence-corrected chi connectivity index (χ1v) is 4.64. The second-order valence-corrected chi connectivity index (χ2v) is 3.30. The quantitative estimate of drug-likeness (QED) is 0.574. The minimum absolute atomic E-state index is 0.0864. The Kier molecular flexibility index (Phi) is 3.76. The van der Waals surface area contributed by atoms with Crippen LogP contribution in [0.15, 0.2) is 18.2 Å². The molecule has 0 heterocycles. The van der Waals surface area contributed by atoms with Gasteiger partial charge in [0.15, 0.2) is 0 Å². The zero-order valence-electron chi connectivity index (χ0n) is 8.93. The number of aromatic carboxylic acids is 1. The molecular formula is C10H9N2O5-. The van der Waals surface area contributed by atoms with E-state index < -0.39 is 23.3 Å². The number of carbonyl (C=O) groups excluding carboxylic acids is 2. The van der Waals surface area contributed by atoms with Crippen LogP contribution >= 0.6 is 0 Å². The fourth-order valence-corrected chi connectivity index (χ4v) is 1.36. The Labute approximate surface area is 96.2 Å². The molecule has 0 aliphatic carbocycles. The van der Waals surface area contributed by atoms with E-state index in [0.717, 1.165) is 0 Å². The van der Waals surface area contributed by atoms with Crippen molar-refractivity contribution in [1.82, 2.24) is 0 Å². The van der Waals surface area contributed by atoms with Gasteiger partial charge in [-0.3, -0.25) is 14.9 Å². The summed E-state index contributed by atoms with van der Waals surface area (Å²) in [6.07, 6.45) is 0. The lowest BCUT2D eigenvalue weighted by Gasteiger charge is -2.13. The fraction of sp³-hybridized carbons (Fsp3) is 0.200. The van der Waals surface area contributed by atoms with Gasteiger partial charge in [-0.15, -0.1) is 0 Å². The number of nitrogens with one attached hydrogen (secondary N) is 1. The minimum atomic E-state index is -1.50. The fourth-order valence-electron chi connectivity index (χ4n) is 1.36. The van der Waals surface area contributed by atoms with Crippen LogP contribution in [0.1, 0.15) is 22.8 Å². The third-order valence-electron chi connectivity index (χ3n) is 1.97. The number of nitrogens with zero attached hydrogens (tertiary/aromatic N) is 1. The molecule has 90 valence electrons. The van der Waals surface area contributed by atoms with Crippen molar-refractivity contribution in [3.05, 3.63) is 39.4 Å². The van der Waals surface area contributed by atoms with Crippen LogP contribution in [-0.2, 0) is 11.3 Å². The lowest BCUT2D eigenvalue weighted by molar-refractivity contribution is -0.496. The molecule has 0 saturated heterocycles. The van der Waals surface area contributed by atoms with Crippen molar-refractivity contribution in [2.75, 3.05) is 5.32 Å². The van der Waals surface area contributed by atoms with Crippen LogP contribution in [0.2, 0.25) is 0 Å². The number of para-hydroxylation sites is 1. The summed E-state index contributed by atoms with van der Waals surface area (Å²) in [6, 6.07) is 3.94. The Balaban J connectivity index is 3.28. The van der Waals surface area contributed by atoms with Crippen LogP contribution in [0.3, 0.4) is 0 Å². The summed E-state index contributed by atoms with van der Waals surface area (Å²) in [4.78, 5) is 31.5. The van der Waals surface area contributed by atoms with Gasteiger partial charge in [-0.1, -0.05) is 18.2 Å². The monoisotopic (exact) mass is 237 g/mol. The Morgan fingerprint density at radius 2 is 2.06 bits per heavy atom. The van der Waals surface area contributed by atoms with Gasteiger partial charge in [0.1, 0.15) is 0 Å². The number of anilines is 1. The maximum absolute atomic E-state index is 10.9. The predicted molar refractivity (Wildman–Crippen MR) is 55.8 cm³/mol. The molecule has 0 unspecified atom stereocenters. The number of nitro groups is 1. The van der Waals surface area contributed by atoms with Gasteiger partial charge in [0.05, 0.1) is 11.7 Å². The molecule has 1 aromatic rings. The van der Waals surface area contributed by atoms with Crippen LogP contribution in [0.5, 0.6) is 0 Å². The van der Waals surface area contributed by atoms with E-state index >= 15 is 0 Å². The molecule has 0 aliphatic rings. The number of hydrogen-bond donors (Lipinski definition) is 1. The average molecular weight is 237 g/mol. The van der Waals surface area contributed by atoms with Gasteiger partial charge in [-0.05, 0) is 0 Å². The first kappa shape index (κ1) is 12.6. The standard InChI is InChI=1S/C10H10N2O5/c1-6(13)11-9-7(5-12(16)17)3-2-4-8(9)10(14)15/h2-4H,5H2,1H3,(H,11,13)(H,14,15)/p-1. The second kappa shape index (κ2) is 5.06. The van der Waals surface area contributed by atoms with E-state index in [1.54, 1.807) is 0 Å². The van der Waals surface area contributed by atoms with E-state index in [9.17, 15) is 24.8 Å². The van der Waals surface area contributed by atoms with E-state index in [1.165, 1.54) is 25.1 Å². The molecule has 7 heteroatoms. The molecule has 1 rings (SSSR count). The zero-order valence-corrected chi connectivity index (χ0v) is 8.93. The molecule has 7 nitrogen and oxygen atoms in total. The highest BCUT2D eigenvalue weighted by atomic mass is 16.6. The summed E-state index contributed by atoms with van der Waals surface area (Å²) in [6.45, 7) is 0.610. The lowest BCUT2D eigenvalue weighted by atomic mass is 10.1. The van der Waals surface area contributed by atoms with Crippen LogP contribution in [0, 0.1) is 10.1 Å². The van der Waals surface area contributed by atoms with Crippen LogP contribution in [0.25, 0.3) is 0 Å². The van der Waals surface area contributed by atoms with Gasteiger partial charge in [-0.25, -0.2) is 0 Å². The Hall–Kier alpha value is -2.44. The van der Waals surface area contributed by atoms with E-state index in [-0.39, 0.29) is 16.8 Å². The summed E-state index contributed by atoms with van der Waals surface area (Å²) in [7, 11) is 0. The molecule has 1 amide bonds. The van der Waals surface area contributed by atoms with Gasteiger partial charge in [0.25, 0.3) is 0 Å². The highest BCUT2D eigenvalue weighted by molar-refractivity contribution is 6.00. The minimum Gasteiger partial charge on any atom is -0.545 e. The second-order valence-electron chi connectivity index (χ2n) is 3.30. The van der Waals surface area contributed by atoms with Crippen LogP contribution in [-0.4, -0.2) is 16.8 Å². The lowest BCUT2D eigenvalue weighted by Crippen LogP contribution is -2.25. The molecule has 17 heavy (non-hydrogen) atoms. The number of hydrogen-bond acceptors (Lipinski definition) is 5. The van der Waals surface area contributed by atoms with Crippen LogP contribution < -0.4 is 10.4 Å². The number of carbonyl (C=O) groups is 2. The third kappa shape index (κ3) is 3.26. The zero-order chi connectivity index (χ0) is 13.0. The maximum atomic E-state index is 10.9. The van der Waals surface area contributed by atoms with Gasteiger partial charge >= 0.3 is 0 Å². The smallest absolute Gasteiger partial charge is 0.230 e. The topological polar surface area (TPSA) is 112 Å². The molecule has 0 aliphatic heterocycles. The van der Waals surface area contributed by atoms with Crippen molar-refractivity contribution >= 4 is 17.6 Å². The molecule has 0 atom stereocenters. The summed E-state index contributed by atoms with van der Waals surface area (Å²) >= 11 is 0. The molecular weight excluding hydrogens is 228 g/mol. The summed E-state index contributed by atoms with van der Waals surface area (Å²) in [5.41, 5.74) is -0.247. The van der Waals surface area contributed by atoms with E-state index in [4.69, 9.17) is 0 Å². The Morgan fingerprint density at radius 3 is 2.53 bits per heavy atom. The van der Waals surface area contributed by atoms with Crippen molar-refractivity contribution < 1.29 is 19.6 Å². The van der Waals surface area contributed by atoms with Crippen LogP contribution in [0.4, 0.5) is 5.69 Å². The molecule has 0 spiro atoms. The van der Waals surface area contributed by atoms with Crippen molar-refractivity contribution in [2.24, 2.45) is 0 Å². The molecule has 0 saturated carbocycles. The Bertz CT molecular complexity index is 484. The maximum Gasteiger partial charge on any atom is 0.230 e. The molecule has 0 fully saturated rings. The first-order chi connectivity index (χ1) is 7.91. The van der Waals surface area contributed by atoms with E-state index in [1.807, 2.05) is 0 Å². The molecule has 0 bridgehead atoms. The van der Waals surface area contributed by atoms with Crippen molar-refractivity contribution in [2.45, 2.75) is 13.5 Å². The number of carboxylic acids is 1. The number of benzene rings is 1. The normalized spacial score (nSPS) is 9.71. The predicted octanol–water partition coefficient (Wildman–Crippen LogP) is -0.215. The van der Waals surface area contributed by atoms with Crippen molar-refractivity contribution in [3.63, 3.8) is 0 Å². The largest absolute Gasteiger partial charge is 0.545 e. The molecule has 1 aromatic carbocycles. The van der Waals surface area contributed by atoms with Crippen molar-refractivity contribution in [1.29, 1.82) is 0 Å². The Morgan fingerprint density at radius 1 is 1.41 bits per heavy atom. The summed E-state index contributed by atoms with van der Waals surface area (Å²) in [5, 5.41) is 23.5. The van der Waals surface area contributed by atoms with Gasteiger partial charge < -0.3 is 15.2 Å².